The molecule has 0 spiro atoms. The fourth-order valence-electron chi connectivity index (χ4n) is 2.53. The van der Waals surface area contributed by atoms with Crippen LogP contribution in [0.5, 0.6) is 5.75 Å². The number of hydrogen-bond acceptors (Lipinski definition) is 4. The number of rotatable bonds is 5. The molecule has 1 aromatic heterocycles. The van der Waals surface area contributed by atoms with E-state index in [1.165, 1.54) is 28.0 Å². The van der Waals surface area contributed by atoms with Gasteiger partial charge >= 0.3 is 0 Å². The van der Waals surface area contributed by atoms with E-state index in [2.05, 4.69) is 59.1 Å². The summed E-state index contributed by atoms with van der Waals surface area (Å²) in [5, 5.41) is 5.33. The lowest BCUT2D eigenvalue weighted by molar-refractivity contribution is -0.118. The first-order chi connectivity index (χ1) is 12.4. The van der Waals surface area contributed by atoms with Crippen LogP contribution in [0.3, 0.4) is 0 Å². The highest BCUT2D eigenvalue weighted by atomic mass is 79.9. The SMILES string of the molecule is Cc1cc(C)c(-c2csc(NC(=O)COc3ccc(Br)cc3)n2)cc1C. The summed E-state index contributed by atoms with van der Waals surface area (Å²) in [6, 6.07) is 11.7. The van der Waals surface area contributed by atoms with Gasteiger partial charge in [0.15, 0.2) is 11.7 Å². The molecule has 6 heteroatoms. The molecule has 0 saturated carbocycles. The van der Waals surface area contributed by atoms with Gasteiger partial charge in [0.05, 0.1) is 5.69 Å². The van der Waals surface area contributed by atoms with Crippen LogP contribution in [0.15, 0.2) is 46.3 Å². The number of anilines is 1. The van der Waals surface area contributed by atoms with Gasteiger partial charge in [0.2, 0.25) is 0 Å². The number of hydrogen-bond donors (Lipinski definition) is 1. The fourth-order valence-corrected chi connectivity index (χ4v) is 3.52. The Morgan fingerprint density at radius 1 is 1.12 bits per heavy atom. The normalized spacial score (nSPS) is 10.6. The van der Waals surface area contributed by atoms with Crippen molar-refractivity contribution < 1.29 is 9.53 Å². The van der Waals surface area contributed by atoms with Crippen molar-refractivity contribution in [2.75, 3.05) is 11.9 Å². The monoisotopic (exact) mass is 430 g/mol. The van der Waals surface area contributed by atoms with Gasteiger partial charge in [-0.3, -0.25) is 10.1 Å². The number of nitrogens with one attached hydrogen (secondary N) is 1. The zero-order valence-corrected chi connectivity index (χ0v) is 17.2. The smallest absolute Gasteiger partial charge is 0.264 e. The van der Waals surface area contributed by atoms with E-state index in [9.17, 15) is 4.79 Å². The van der Waals surface area contributed by atoms with Gasteiger partial charge in [-0.15, -0.1) is 11.3 Å². The predicted octanol–water partition coefficient (Wildman–Crippen LogP) is 5.52. The lowest BCUT2D eigenvalue weighted by Gasteiger charge is -2.08. The molecule has 0 aliphatic carbocycles. The summed E-state index contributed by atoms with van der Waals surface area (Å²) in [6.07, 6.45) is 0. The Kier molecular flexibility index (Phi) is 5.74. The third-order valence-electron chi connectivity index (χ3n) is 4.05. The largest absolute Gasteiger partial charge is 0.484 e. The minimum absolute atomic E-state index is 0.0563. The number of benzene rings is 2. The van der Waals surface area contributed by atoms with Crippen molar-refractivity contribution in [3.63, 3.8) is 0 Å². The second kappa shape index (κ2) is 8.01. The van der Waals surface area contributed by atoms with Crippen LogP contribution in [-0.2, 0) is 4.79 Å². The molecule has 1 heterocycles. The third kappa shape index (κ3) is 4.51. The number of aromatic nitrogens is 1. The second-order valence-corrected chi connectivity index (χ2v) is 7.85. The highest BCUT2D eigenvalue weighted by Gasteiger charge is 2.11. The fraction of sp³-hybridized carbons (Fsp3) is 0.200. The lowest BCUT2D eigenvalue weighted by Crippen LogP contribution is -2.20. The van der Waals surface area contributed by atoms with E-state index in [-0.39, 0.29) is 12.5 Å². The van der Waals surface area contributed by atoms with E-state index < -0.39 is 0 Å². The molecular formula is C20H19BrN2O2S. The molecule has 26 heavy (non-hydrogen) atoms. The van der Waals surface area contributed by atoms with Gasteiger partial charge in [0.1, 0.15) is 5.75 Å². The van der Waals surface area contributed by atoms with Crippen molar-refractivity contribution in [3.05, 3.63) is 62.9 Å². The van der Waals surface area contributed by atoms with Gasteiger partial charge in [-0.05, 0) is 67.8 Å². The summed E-state index contributed by atoms with van der Waals surface area (Å²) in [5.74, 6) is 0.416. The van der Waals surface area contributed by atoms with Crippen molar-refractivity contribution >= 4 is 38.3 Å². The molecule has 0 saturated heterocycles. The topological polar surface area (TPSA) is 51.2 Å². The number of thiazole rings is 1. The number of carbonyl (C=O) groups is 1. The average Bonchev–Trinajstić information content (AvgIpc) is 3.06. The number of amides is 1. The van der Waals surface area contributed by atoms with Gasteiger partial charge in [-0.2, -0.15) is 0 Å². The third-order valence-corrected chi connectivity index (χ3v) is 5.34. The number of halogens is 1. The van der Waals surface area contributed by atoms with Crippen LogP contribution in [-0.4, -0.2) is 17.5 Å². The molecule has 0 aliphatic heterocycles. The van der Waals surface area contributed by atoms with Crippen molar-refractivity contribution in [2.45, 2.75) is 20.8 Å². The Labute approximate surface area is 165 Å². The molecule has 1 amide bonds. The highest BCUT2D eigenvalue weighted by molar-refractivity contribution is 9.10. The number of carbonyl (C=O) groups excluding carboxylic acids is 1. The highest BCUT2D eigenvalue weighted by Crippen LogP contribution is 2.29. The average molecular weight is 431 g/mol. The van der Waals surface area contributed by atoms with E-state index in [1.54, 1.807) is 12.1 Å². The Bertz CT molecular complexity index is 935. The molecule has 3 aromatic rings. The van der Waals surface area contributed by atoms with Crippen molar-refractivity contribution in [1.29, 1.82) is 0 Å². The minimum atomic E-state index is -0.231. The second-order valence-electron chi connectivity index (χ2n) is 6.08. The van der Waals surface area contributed by atoms with Crippen molar-refractivity contribution in [1.82, 2.24) is 4.98 Å². The van der Waals surface area contributed by atoms with E-state index in [1.807, 2.05) is 17.5 Å². The van der Waals surface area contributed by atoms with Gasteiger partial charge < -0.3 is 4.74 Å². The Morgan fingerprint density at radius 3 is 2.54 bits per heavy atom. The number of ether oxygens (including phenoxy) is 1. The molecule has 0 bridgehead atoms. The Morgan fingerprint density at radius 2 is 1.81 bits per heavy atom. The number of aryl methyl sites for hydroxylation is 3. The van der Waals surface area contributed by atoms with Crippen molar-refractivity contribution in [2.24, 2.45) is 0 Å². The molecule has 2 aromatic carbocycles. The summed E-state index contributed by atoms with van der Waals surface area (Å²) in [6.45, 7) is 6.21. The maximum Gasteiger partial charge on any atom is 0.264 e. The summed E-state index contributed by atoms with van der Waals surface area (Å²) in [4.78, 5) is 16.6. The molecular weight excluding hydrogens is 412 g/mol. The van der Waals surface area contributed by atoms with E-state index >= 15 is 0 Å². The summed E-state index contributed by atoms with van der Waals surface area (Å²) < 4.78 is 6.44. The summed E-state index contributed by atoms with van der Waals surface area (Å²) in [7, 11) is 0. The molecule has 3 rings (SSSR count). The molecule has 134 valence electrons. The van der Waals surface area contributed by atoms with E-state index in [4.69, 9.17) is 4.74 Å². The molecule has 0 radical (unpaired) electrons. The minimum Gasteiger partial charge on any atom is -0.484 e. The molecule has 0 fully saturated rings. The van der Waals surface area contributed by atoms with Crippen LogP contribution in [0.4, 0.5) is 5.13 Å². The van der Waals surface area contributed by atoms with Crippen LogP contribution >= 0.6 is 27.3 Å². The first kappa shape index (κ1) is 18.6. The maximum atomic E-state index is 12.1. The summed E-state index contributed by atoms with van der Waals surface area (Å²) in [5.41, 5.74) is 5.64. The molecule has 4 nitrogen and oxygen atoms in total. The maximum absolute atomic E-state index is 12.1. The Balaban J connectivity index is 1.64. The lowest BCUT2D eigenvalue weighted by atomic mass is 9.99. The van der Waals surface area contributed by atoms with Crippen LogP contribution in [0.25, 0.3) is 11.3 Å². The molecule has 0 atom stereocenters. The summed E-state index contributed by atoms with van der Waals surface area (Å²) >= 11 is 4.77. The van der Waals surface area contributed by atoms with E-state index in [0.717, 1.165) is 15.7 Å². The zero-order valence-electron chi connectivity index (χ0n) is 14.8. The van der Waals surface area contributed by atoms with E-state index in [0.29, 0.717) is 10.9 Å². The molecule has 1 N–H and O–H groups in total. The quantitative estimate of drug-likeness (QED) is 0.579. The predicted molar refractivity (Wildman–Crippen MR) is 110 cm³/mol. The zero-order chi connectivity index (χ0) is 18.7. The first-order valence-corrected chi connectivity index (χ1v) is 9.81. The molecule has 0 aliphatic rings. The van der Waals surface area contributed by atoms with Crippen LogP contribution in [0.1, 0.15) is 16.7 Å². The van der Waals surface area contributed by atoms with Crippen molar-refractivity contribution in [3.8, 4) is 17.0 Å². The van der Waals surface area contributed by atoms with Gasteiger partial charge in [0.25, 0.3) is 5.91 Å². The standard InChI is InChI=1S/C20H19BrN2O2S/c1-12-8-14(3)17(9-13(12)2)18-11-26-20(22-18)23-19(24)10-25-16-6-4-15(21)5-7-16/h4-9,11H,10H2,1-3H3,(H,22,23,24). The van der Waals surface area contributed by atoms with Crippen LogP contribution < -0.4 is 10.1 Å². The first-order valence-electron chi connectivity index (χ1n) is 8.14. The van der Waals surface area contributed by atoms with Crippen LogP contribution in [0, 0.1) is 20.8 Å². The number of nitrogens with zero attached hydrogens (tertiary/aromatic N) is 1. The van der Waals surface area contributed by atoms with Crippen LogP contribution in [0.2, 0.25) is 0 Å². The van der Waals surface area contributed by atoms with Gasteiger partial charge in [-0.25, -0.2) is 4.98 Å². The van der Waals surface area contributed by atoms with Gasteiger partial charge in [-0.1, -0.05) is 22.0 Å². The molecule has 0 unspecified atom stereocenters. The van der Waals surface area contributed by atoms with Gasteiger partial charge in [0, 0.05) is 15.4 Å². The Hall–Kier alpha value is -2.18.